The minimum absolute atomic E-state index is 0.0271. The molecule has 0 spiro atoms. The van der Waals surface area contributed by atoms with E-state index in [1.54, 1.807) is 12.3 Å². The number of hydrogen-bond acceptors (Lipinski definition) is 6. The van der Waals surface area contributed by atoms with Crippen molar-refractivity contribution in [2.24, 2.45) is 5.92 Å². The van der Waals surface area contributed by atoms with E-state index in [0.717, 1.165) is 30.2 Å². The molecule has 2 aromatic heterocycles. The van der Waals surface area contributed by atoms with Crippen LogP contribution in [0.25, 0.3) is 11.3 Å². The molecule has 3 aromatic rings. The summed E-state index contributed by atoms with van der Waals surface area (Å²) in [4.78, 5) is 32.5. The fourth-order valence-corrected chi connectivity index (χ4v) is 5.79. The van der Waals surface area contributed by atoms with E-state index in [1.165, 1.54) is 13.1 Å². The second-order valence-corrected chi connectivity index (χ2v) is 10.9. The summed E-state index contributed by atoms with van der Waals surface area (Å²) in [7, 11) is 0. The molecule has 1 fully saturated rings. The fourth-order valence-electron chi connectivity index (χ4n) is 5.79. The molecule has 2 aliphatic rings. The molecule has 0 bridgehead atoms. The summed E-state index contributed by atoms with van der Waals surface area (Å²) in [6, 6.07) is 4.36. The molecule has 9 nitrogen and oxygen atoms in total. The zero-order valence-corrected chi connectivity index (χ0v) is 22.4. The Hall–Kier alpha value is -4.19. The zero-order chi connectivity index (χ0) is 29.5. The number of nitrogens with zero attached hydrogens (tertiary/aromatic N) is 2. The molecule has 1 aliphatic heterocycles. The van der Waals surface area contributed by atoms with Gasteiger partial charge in [-0.05, 0) is 67.9 Å². The lowest BCUT2D eigenvalue weighted by molar-refractivity contribution is 0.0126. The Balaban J connectivity index is 1.45. The van der Waals surface area contributed by atoms with Crippen molar-refractivity contribution in [2.75, 3.05) is 11.9 Å². The predicted molar refractivity (Wildman–Crippen MR) is 142 cm³/mol. The third kappa shape index (κ3) is 5.69. The highest BCUT2D eigenvalue weighted by molar-refractivity contribution is 6.03. The van der Waals surface area contributed by atoms with Gasteiger partial charge in [-0.3, -0.25) is 9.78 Å². The van der Waals surface area contributed by atoms with Crippen molar-refractivity contribution in [2.45, 2.75) is 57.1 Å². The normalized spacial score (nSPS) is 23.7. The Bertz CT molecular complexity index is 1520. The topological polar surface area (TPSA) is 134 Å². The van der Waals surface area contributed by atoms with Gasteiger partial charge in [0.15, 0.2) is 11.6 Å². The standard InChI is InChI=1S/C29H29F3N4O5/c1-14-9-15(11-16(10-14)34-28(38)39)17-5-7-33-13-22(17)36-27(37)21-4-3-19(30)25(35-21)23-20(31)12-18-26(24(23)32)41-8-6-29(18,2)40/h3-5,7,12-16,34,40H,6,8-11H2,1-2H3,(H,36,37)(H,38,39)/t14-,15+,16-,29?/m0/s1. The molecule has 0 radical (unpaired) electrons. The first-order valence-corrected chi connectivity index (χ1v) is 13.2. The zero-order valence-electron chi connectivity index (χ0n) is 22.4. The predicted octanol–water partition coefficient (Wildman–Crippen LogP) is 5.34. The van der Waals surface area contributed by atoms with Gasteiger partial charge in [0.1, 0.15) is 23.0 Å². The summed E-state index contributed by atoms with van der Waals surface area (Å²) in [5.41, 5.74) is -2.37. The average Bonchev–Trinajstić information content (AvgIpc) is 2.90. The molecule has 1 saturated carbocycles. The van der Waals surface area contributed by atoms with Crippen molar-refractivity contribution in [1.82, 2.24) is 15.3 Å². The van der Waals surface area contributed by atoms with Crippen LogP contribution < -0.4 is 15.4 Å². The van der Waals surface area contributed by atoms with Crippen molar-refractivity contribution >= 4 is 17.7 Å². The van der Waals surface area contributed by atoms with Crippen molar-refractivity contribution in [3.63, 3.8) is 0 Å². The molecule has 12 heteroatoms. The van der Waals surface area contributed by atoms with Gasteiger partial charge in [-0.2, -0.15) is 0 Å². The number of ether oxygens (including phenoxy) is 1. The van der Waals surface area contributed by atoms with E-state index in [2.05, 4.69) is 20.6 Å². The maximum Gasteiger partial charge on any atom is 0.404 e. The highest BCUT2D eigenvalue weighted by atomic mass is 19.1. The van der Waals surface area contributed by atoms with Crippen LogP contribution >= 0.6 is 0 Å². The summed E-state index contributed by atoms with van der Waals surface area (Å²) in [5, 5.41) is 25.0. The summed E-state index contributed by atoms with van der Waals surface area (Å²) in [6.45, 7) is 3.40. The van der Waals surface area contributed by atoms with E-state index >= 15 is 8.78 Å². The molecule has 2 amide bonds. The summed E-state index contributed by atoms with van der Waals surface area (Å²) in [6.07, 6.45) is 4.00. The minimum atomic E-state index is -1.54. The number of rotatable bonds is 5. The first kappa shape index (κ1) is 28.3. The number of nitrogens with one attached hydrogen (secondary N) is 2. The molecule has 3 heterocycles. The monoisotopic (exact) mass is 570 g/mol. The highest BCUT2D eigenvalue weighted by Gasteiger charge is 2.36. The fraction of sp³-hybridized carbons (Fsp3) is 0.379. The molecule has 0 saturated heterocycles. The summed E-state index contributed by atoms with van der Waals surface area (Å²) < 4.78 is 50.9. The van der Waals surface area contributed by atoms with Gasteiger partial charge in [0.25, 0.3) is 5.91 Å². The number of carbonyl (C=O) groups excluding carboxylic acids is 1. The van der Waals surface area contributed by atoms with E-state index in [-0.39, 0.29) is 42.2 Å². The number of aliphatic hydroxyl groups is 1. The van der Waals surface area contributed by atoms with Gasteiger partial charge in [0, 0.05) is 24.2 Å². The van der Waals surface area contributed by atoms with Gasteiger partial charge >= 0.3 is 6.09 Å². The number of carbonyl (C=O) groups is 2. The molecule has 41 heavy (non-hydrogen) atoms. The minimum Gasteiger partial charge on any atom is -0.490 e. The Morgan fingerprint density at radius 2 is 1.90 bits per heavy atom. The Labute approximate surface area is 233 Å². The van der Waals surface area contributed by atoms with E-state index in [4.69, 9.17) is 4.74 Å². The van der Waals surface area contributed by atoms with Crippen LogP contribution in [0.5, 0.6) is 5.75 Å². The first-order valence-electron chi connectivity index (χ1n) is 13.2. The van der Waals surface area contributed by atoms with Gasteiger partial charge in [-0.15, -0.1) is 0 Å². The van der Waals surface area contributed by atoms with Crippen LogP contribution in [0.2, 0.25) is 0 Å². The lowest BCUT2D eigenvalue weighted by Crippen LogP contribution is -2.39. The SMILES string of the molecule is C[C@@H]1C[C@H](NC(=O)O)C[C@H](c2ccncc2NC(=O)c2ccc(F)c(-c3c(F)cc4c(c3F)OCCC4(C)O)n2)C1. The van der Waals surface area contributed by atoms with Crippen LogP contribution in [0.1, 0.15) is 67.1 Å². The molecule has 1 unspecified atom stereocenters. The number of hydrogen-bond donors (Lipinski definition) is 4. The smallest absolute Gasteiger partial charge is 0.404 e. The molecule has 1 aromatic carbocycles. The number of aromatic nitrogens is 2. The molecule has 4 N–H and O–H groups in total. The number of fused-ring (bicyclic) bond motifs is 1. The number of amides is 2. The molecular weight excluding hydrogens is 541 g/mol. The van der Waals surface area contributed by atoms with E-state index < -0.39 is 52.1 Å². The molecule has 5 rings (SSSR count). The molecule has 4 atom stereocenters. The second-order valence-electron chi connectivity index (χ2n) is 10.9. The maximum absolute atomic E-state index is 15.5. The van der Waals surface area contributed by atoms with Crippen LogP contribution in [0.3, 0.4) is 0 Å². The van der Waals surface area contributed by atoms with Crippen LogP contribution in [0.4, 0.5) is 23.7 Å². The van der Waals surface area contributed by atoms with Crippen molar-refractivity contribution in [3.05, 3.63) is 70.9 Å². The van der Waals surface area contributed by atoms with Gasteiger partial charge in [-0.25, -0.2) is 22.9 Å². The molecule has 216 valence electrons. The molecular formula is C29H29F3N4O5. The van der Waals surface area contributed by atoms with Crippen molar-refractivity contribution < 1.29 is 37.7 Å². The maximum atomic E-state index is 15.5. The van der Waals surface area contributed by atoms with Crippen LogP contribution in [0.15, 0.2) is 36.7 Å². The lowest BCUT2D eigenvalue weighted by Gasteiger charge is -2.34. The van der Waals surface area contributed by atoms with Crippen LogP contribution in [-0.4, -0.2) is 44.8 Å². The third-order valence-electron chi connectivity index (χ3n) is 7.72. The second kappa shape index (κ2) is 11.0. The summed E-state index contributed by atoms with van der Waals surface area (Å²) >= 11 is 0. The van der Waals surface area contributed by atoms with Crippen LogP contribution in [-0.2, 0) is 5.60 Å². The number of pyridine rings is 2. The third-order valence-corrected chi connectivity index (χ3v) is 7.72. The lowest BCUT2D eigenvalue weighted by atomic mass is 9.76. The Morgan fingerprint density at radius 1 is 1.12 bits per heavy atom. The van der Waals surface area contributed by atoms with Crippen molar-refractivity contribution in [3.8, 4) is 17.0 Å². The van der Waals surface area contributed by atoms with Crippen molar-refractivity contribution in [1.29, 1.82) is 0 Å². The summed E-state index contributed by atoms with van der Waals surface area (Å²) in [5.74, 6) is -4.47. The van der Waals surface area contributed by atoms with Gasteiger partial charge in [-0.1, -0.05) is 6.92 Å². The van der Waals surface area contributed by atoms with E-state index in [1.807, 2.05) is 6.92 Å². The number of benzene rings is 1. The largest absolute Gasteiger partial charge is 0.490 e. The average molecular weight is 571 g/mol. The first-order chi connectivity index (χ1) is 19.4. The van der Waals surface area contributed by atoms with E-state index in [0.29, 0.717) is 18.5 Å². The van der Waals surface area contributed by atoms with Gasteiger partial charge in [0.2, 0.25) is 0 Å². The molecule has 1 aliphatic carbocycles. The van der Waals surface area contributed by atoms with Crippen LogP contribution in [0, 0.1) is 23.4 Å². The van der Waals surface area contributed by atoms with Gasteiger partial charge in [0.05, 0.1) is 29.7 Å². The number of halogens is 3. The quantitative estimate of drug-likeness (QED) is 0.325. The van der Waals surface area contributed by atoms with Gasteiger partial charge < -0.3 is 25.6 Å². The highest BCUT2D eigenvalue weighted by Crippen LogP contribution is 2.43. The van der Waals surface area contributed by atoms with E-state index in [9.17, 15) is 24.2 Å². The number of carboxylic acid groups (broad SMARTS) is 1. The Kier molecular flexibility index (Phi) is 7.60. The Morgan fingerprint density at radius 3 is 2.66 bits per heavy atom. The number of anilines is 1.